The van der Waals surface area contributed by atoms with Crippen LogP contribution in [0, 0.1) is 0 Å². The Bertz CT molecular complexity index is 990. The van der Waals surface area contributed by atoms with E-state index in [4.69, 9.17) is 23.2 Å². The van der Waals surface area contributed by atoms with Gasteiger partial charge in [-0.25, -0.2) is 0 Å². The first-order valence-corrected chi connectivity index (χ1v) is 11.3. The lowest BCUT2D eigenvalue weighted by molar-refractivity contribution is 0.0608. The van der Waals surface area contributed by atoms with Gasteiger partial charge in [0, 0.05) is 40.1 Å². The maximum Gasteiger partial charge on any atom is 0.254 e. The second-order valence-corrected chi connectivity index (χ2v) is 8.86. The van der Waals surface area contributed by atoms with Gasteiger partial charge in [0.05, 0.1) is 6.54 Å². The zero-order valence-corrected chi connectivity index (χ0v) is 18.4. The number of aromatic nitrogens is 1. The van der Waals surface area contributed by atoms with Crippen LogP contribution in [0.25, 0.3) is 0 Å². The van der Waals surface area contributed by atoms with Crippen LogP contribution in [-0.4, -0.2) is 21.4 Å². The largest absolute Gasteiger partial charge is 0.345 e. The minimum Gasteiger partial charge on any atom is -0.345 e. The summed E-state index contributed by atoms with van der Waals surface area (Å²) in [5, 5.41) is 1.38. The zero-order valence-electron chi connectivity index (χ0n) is 16.9. The fourth-order valence-electron chi connectivity index (χ4n) is 4.27. The monoisotopic (exact) mass is 440 g/mol. The molecular formula is C25H26Cl2N2O. The summed E-state index contributed by atoms with van der Waals surface area (Å²) in [5.41, 5.74) is 2.97. The fraction of sp³-hybridized carbons (Fsp3) is 0.320. The summed E-state index contributed by atoms with van der Waals surface area (Å²) >= 11 is 12.2. The molecular weight excluding hydrogens is 415 g/mol. The van der Waals surface area contributed by atoms with E-state index in [0.717, 1.165) is 35.7 Å². The lowest BCUT2D eigenvalue weighted by Gasteiger charge is -2.35. The summed E-state index contributed by atoms with van der Waals surface area (Å²) in [5.74, 6) is 0.0778. The molecule has 2 aromatic carbocycles. The minimum atomic E-state index is 0.0778. The summed E-state index contributed by atoms with van der Waals surface area (Å²) in [4.78, 5) is 15.5. The van der Waals surface area contributed by atoms with E-state index in [0.29, 0.717) is 17.1 Å². The van der Waals surface area contributed by atoms with Gasteiger partial charge in [0.1, 0.15) is 0 Å². The van der Waals surface area contributed by atoms with E-state index in [-0.39, 0.29) is 11.9 Å². The minimum absolute atomic E-state index is 0.0778. The van der Waals surface area contributed by atoms with Gasteiger partial charge in [0.15, 0.2) is 0 Å². The fourth-order valence-corrected chi connectivity index (χ4v) is 4.61. The molecule has 0 aliphatic heterocycles. The van der Waals surface area contributed by atoms with Crippen LogP contribution in [0.3, 0.4) is 0 Å². The summed E-state index contributed by atoms with van der Waals surface area (Å²) in [6.07, 6.45) is 7.81. The number of benzene rings is 2. The molecule has 3 nitrogen and oxygen atoms in total. The number of rotatable bonds is 6. The molecule has 1 aliphatic carbocycles. The molecule has 3 aromatic rings. The Morgan fingerprint density at radius 2 is 1.70 bits per heavy atom. The van der Waals surface area contributed by atoms with E-state index in [2.05, 4.69) is 27.8 Å². The van der Waals surface area contributed by atoms with E-state index >= 15 is 0 Å². The van der Waals surface area contributed by atoms with Gasteiger partial charge < -0.3 is 9.47 Å². The highest BCUT2D eigenvalue weighted by Crippen LogP contribution is 2.26. The molecule has 0 atom stereocenters. The van der Waals surface area contributed by atoms with Crippen molar-refractivity contribution in [1.82, 2.24) is 9.47 Å². The van der Waals surface area contributed by atoms with Crippen LogP contribution >= 0.6 is 23.2 Å². The molecule has 0 unspecified atom stereocenters. The van der Waals surface area contributed by atoms with Crippen molar-refractivity contribution in [2.24, 2.45) is 0 Å². The van der Waals surface area contributed by atoms with E-state index in [1.165, 1.54) is 19.3 Å². The Kier molecular flexibility index (Phi) is 6.81. The van der Waals surface area contributed by atoms with E-state index in [9.17, 15) is 4.79 Å². The van der Waals surface area contributed by atoms with Crippen molar-refractivity contribution in [2.75, 3.05) is 0 Å². The van der Waals surface area contributed by atoms with Crippen molar-refractivity contribution in [3.05, 3.63) is 93.7 Å². The topological polar surface area (TPSA) is 25.2 Å². The molecule has 1 fully saturated rings. The third-order valence-electron chi connectivity index (χ3n) is 5.87. The van der Waals surface area contributed by atoms with Crippen molar-refractivity contribution in [1.29, 1.82) is 0 Å². The predicted molar refractivity (Wildman–Crippen MR) is 123 cm³/mol. The molecule has 0 radical (unpaired) electrons. The first-order valence-electron chi connectivity index (χ1n) is 10.5. The highest BCUT2D eigenvalue weighted by molar-refractivity contribution is 6.30. The standard InChI is InChI=1S/C25H26Cl2N2O/c26-21-13-11-20(12-14-21)25(30)29(23-8-2-1-3-9-23)18-24-10-5-15-28(24)17-19-6-4-7-22(27)16-19/h4-7,10-16,23H,1-3,8-9,17-18H2. The molecule has 1 aliphatic rings. The number of hydrogen-bond acceptors (Lipinski definition) is 1. The lowest BCUT2D eigenvalue weighted by atomic mass is 9.93. The molecule has 4 rings (SSSR count). The Labute approximate surface area is 188 Å². The predicted octanol–water partition coefficient (Wildman–Crippen LogP) is 6.82. The molecule has 1 amide bonds. The zero-order chi connectivity index (χ0) is 20.9. The smallest absolute Gasteiger partial charge is 0.254 e. The Hall–Kier alpha value is -2.23. The second kappa shape index (κ2) is 9.72. The average Bonchev–Trinajstić information content (AvgIpc) is 3.19. The summed E-state index contributed by atoms with van der Waals surface area (Å²) in [7, 11) is 0. The SMILES string of the molecule is O=C(c1ccc(Cl)cc1)N(Cc1cccn1Cc1cccc(Cl)c1)C1CCCCC1. The van der Waals surface area contributed by atoms with Crippen molar-refractivity contribution in [3.8, 4) is 0 Å². The summed E-state index contributed by atoms with van der Waals surface area (Å²) < 4.78 is 2.20. The highest BCUT2D eigenvalue weighted by Gasteiger charge is 2.27. The van der Waals surface area contributed by atoms with Crippen molar-refractivity contribution in [2.45, 2.75) is 51.2 Å². The van der Waals surface area contributed by atoms with Crippen LogP contribution in [-0.2, 0) is 13.1 Å². The van der Waals surface area contributed by atoms with E-state index < -0.39 is 0 Å². The number of amides is 1. The first-order chi connectivity index (χ1) is 14.6. The third kappa shape index (κ3) is 5.08. The number of carbonyl (C=O) groups is 1. The molecule has 0 spiro atoms. The Balaban J connectivity index is 1.58. The number of nitrogens with zero attached hydrogens (tertiary/aromatic N) is 2. The maximum absolute atomic E-state index is 13.5. The number of halogens is 2. The van der Waals surface area contributed by atoms with Gasteiger partial charge in [-0.1, -0.05) is 54.6 Å². The van der Waals surface area contributed by atoms with E-state index in [1.54, 1.807) is 12.1 Å². The Morgan fingerprint density at radius 1 is 0.933 bits per heavy atom. The van der Waals surface area contributed by atoms with Crippen LogP contribution in [0.15, 0.2) is 66.9 Å². The molecule has 0 saturated heterocycles. The molecule has 0 N–H and O–H groups in total. The van der Waals surface area contributed by atoms with Crippen LogP contribution in [0.4, 0.5) is 0 Å². The number of hydrogen-bond donors (Lipinski definition) is 0. The first kappa shape index (κ1) is 21.0. The summed E-state index contributed by atoms with van der Waals surface area (Å²) in [6, 6.07) is 19.6. The van der Waals surface area contributed by atoms with Gasteiger partial charge in [0.25, 0.3) is 5.91 Å². The van der Waals surface area contributed by atoms with Crippen molar-refractivity contribution in [3.63, 3.8) is 0 Å². The third-order valence-corrected chi connectivity index (χ3v) is 6.35. The number of carbonyl (C=O) groups excluding carboxylic acids is 1. The van der Waals surface area contributed by atoms with Crippen molar-refractivity contribution < 1.29 is 4.79 Å². The Morgan fingerprint density at radius 3 is 2.43 bits per heavy atom. The quantitative estimate of drug-likeness (QED) is 0.412. The van der Waals surface area contributed by atoms with Crippen LogP contribution in [0.2, 0.25) is 10.0 Å². The average molecular weight is 441 g/mol. The molecule has 5 heteroatoms. The normalized spacial score (nSPS) is 14.6. The molecule has 30 heavy (non-hydrogen) atoms. The molecule has 1 saturated carbocycles. The second-order valence-electron chi connectivity index (χ2n) is 7.99. The lowest BCUT2D eigenvalue weighted by Crippen LogP contribution is -2.41. The van der Waals surface area contributed by atoms with Crippen molar-refractivity contribution >= 4 is 29.1 Å². The van der Waals surface area contributed by atoms with Gasteiger partial charge in [-0.2, -0.15) is 0 Å². The van der Waals surface area contributed by atoms with E-state index in [1.807, 2.05) is 36.4 Å². The molecule has 156 valence electrons. The van der Waals surface area contributed by atoms with Gasteiger partial charge in [0.2, 0.25) is 0 Å². The maximum atomic E-state index is 13.5. The van der Waals surface area contributed by atoms with Gasteiger partial charge >= 0.3 is 0 Å². The van der Waals surface area contributed by atoms with Gasteiger partial charge in [-0.3, -0.25) is 4.79 Å². The highest BCUT2D eigenvalue weighted by atomic mass is 35.5. The molecule has 0 bridgehead atoms. The summed E-state index contributed by atoms with van der Waals surface area (Å²) in [6.45, 7) is 1.33. The van der Waals surface area contributed by atoms with Gasteiger partial charge in [-0.15, -0.1) is 0 Å². The molecule has 1 aromatic heterocycles. The van der Waals surface area contributed by atoms with Gasteiger partial charge in [-0.05, 0) is 66.9 Å². The van der Waals surface area contributed by atoms with Crippen LogP contribution < -0.4 is 0 Å². The van der Waals surface area contributed by atoms with Crippen LogP contribution in [0.1, 0.15) is 53.7 Å². The molecule has 1 heterocycles. The van der Waals surface area contributed by atoms with Crippen LogP contribution in [0.5, 0.6) is 0 Å².